The van der Waals surface area contributed by atoms with E-state index in [2.05, 4.69) is 34.5 Å². The van der Waals surface area contributed by atoms with E-state index in [1.165, 1.54) is 33.6 Å². The van der Waals surface area contributed by atoms with E-state index in [0.29, 0.717) is 58.3 Å². The van der Waals surface area contributed by atoms with E-state index in [0.717, 1.165) is 5.56 Å². The van der Waals surface area contributed by atoms with Gasteiger partial charge in [0.15, 0.2) is 15.8 Å². The number of aliphatic hydroxyl groups excluding tert-OH is 1. The van der Waals surface area contributed by atoms with Gasteiger partial charge in [-0.25, -0.2) is 0 Å². The van der Waals surface area contributed by atoms with Crippen LogP contribution in [0.5, 0.6) is 17.2 Å². The Morgan fingerprint density at radius 2 is 1.57 bits per heavy atom. The molecule has 5 rings (SSSR count). The molecule has 4 aromatic rings. The lowest BCUT2D eigenvalue weighted by Crippen LogP contribution is -2.29. The van der Waals surface area contributed by atoms with Gasteiger partial charge in [-0.05, 0) is 75.2 Å². The van der Waals surface area contributed by atoms with Crippen molar-refractivity contribution in [2.24, 2.45) is 0 Å². The number of anilines is 1. The van der Waals surface area contributed by atoms with Crippen LogP contribution in [0.25, 0.3) is 5.76 Å². The molecule has 1 N–H and O–H groups in total. The SMILES string of the molecule is CCOc1ccc(/C(O)=C2\C(=O)C(=O)N(c3nnc(SCc4ccc(C)cc4)s3)C2c2ccc(OCC)c(OCC)c2)cc1. The Morgan fingerprint density at radius 3 is 2.25 bits per heavy atom. The zero-order valence-corrected chi connectivity index (χ0v) is 26.5. The van der Waals surface area contributed by atoms with Crippen LogP contribution in [0, 0.1) is 6.92 Å². The molecule has 1 aliphatic heterocycles. The number of nitrogens with zero attached hydrogens (tertiary/aromatic N) is 3. The molecule has 228 valence electrons. The van der Waals surface area contributed by atoms with Crippen molar-refractivity contribution in [1.82, 2.24) is 10.2 Å². The molecule has 1 unspecified atom stereocenters. The van der Waals surface area contributed by atoms with Crippen LogP contribution in [0.2, 0.25) is 0 Å². The molecule has 2 heterocycles. The number of carbonyl (C=O) groups is 2. The molecule has 1 atom stereocenters. The third-order valence-electron chi connectivity index (χ3n) is 6.85. The summed E-state index contributed by atoms with van der Waals surface area (Å²) in [7, 11) is 0. The summed E-state index contributed by atoms with van der Waals surface area (Å²) in [6.45, 7) is 8.96. The average Bonchev–Trinajstić information content (AvgIpc) is 3.60. The Bertz CT molecular complexity index is 1670. The fourth-order valence-electron chi connectivity index (χ4n) is 4.80. The number of amides is 1. The summed E-state index contributed by atoms with van der Waals surface area (Å²) in [5.74, 6) is 0.365. The van der Waals surface area contributed by atoms with Gasteiger partial charge in [0.1, 0.15) is 11.5 Å². The van der Waals surface area contributed by atoms with Gasteiger partial charge in [-0.2, -0.15) is 0 Å². The summed E-state index contributed by atoms with van der Waals surface area (Å²) in [4.78, 5) is 28.6. The van der Waals surface area contributed by atoms with E-state index >= 15 is 0 Å². The molecular weight excluding hydrogens is 599 g/mol. The highest BCUT2D eigenvalue weighted by Gasteiger charge is 2.48. The minimum atomic E-state index is -0.987. The lowest BCUT2D eigenvalue weighted by Gasteiger charge is -2.23. The van der Waals surface area contributed by atoms with Crippen LogP contribution in [-0.4, -0.2) is 46.8 Å². The van der Waals surface area contributed by atoms with Gasteiger partial charge in [-0.3, -0.25) is 14.5 Å². The van der Waals surface area contributed by atoms with E-state index < -0.39 is 17.7 Å². The van der Waals surface area contributed by atoms with Crippen LogP contribution in [0.3, 0.4) is 0 Å². The third kappa shape index (κ3) is 6.58. The van der Waals surface area contributed by atoms with Gasteiger partial charge in [-0.15, -0.1) is 10.2 Å². The summed E-state index contributed by atoms with van der Waals surface area (Å²) in [6, 6.07) is 19.2. The van der Waals surface area contributed by atoms with Crippen LogP contribution in [0.1, 0.15) is 49.1 Å². The highest BCUT2D eigenvalue weighted by Crippen LogP contribution is 2.45. The minimum absolute atomic E-state index is 0.0603. The molecule has 1 amide bonds. The highest BCUT2D eigenvalue weighted by molar-refractivity contribution is 8.00. The molecule has 0 radical (unpaired) electrons. The third-order valence-corrected chi connectivity index (χ3v) is 8.98. The second kappa shape index (κ2) is 14.0. The summed E-state index contributed by atoms with van der Waals surface area (Å²) in [5, 5.41) is 20.4. The predicted octanol–water partition coefficient (Wildman–Crippen LogP) is 6.96. The molecule has 11 heteroatoms. The number of hydrogen-bond acceptors (Lipinski definition) is 10. The van der Waals surface area contributed by atoms with E-state index in [1.54, 1.807) is 42.5 Å². The number of rotatable bonds is 12. The summed E-state index contributed by atoms with van der Waals surface area (Å²) >= 11 is 2.71. The quantitative estimate of drug-likeness (QED) is 0.0583. The molecular formula is C33H33N3O6S2. The number of aliphatic hydroxyl groups is 1. The molecule has 1 fully saturated rings. The fraction of sp³-hybridized carbons (Fsp3) is 0.273. The van der Waals surface area contributed by atoms with E-state index in [-0.39, 0.29) is 16.5 Å². The number of hydrogen-bond donors (Lipinski definition) is 1. The first-order valence-corrected chi connectivity index (χ1v) is 16.1. The molecule has 3 aromatic carbocycles. The number of benzene rings is 3. The van der Waals surface area contributed by atoms with E-state index in [4.69, 9.17) is 14.2 Å². The topological polar surface area (TPSA) is 111 Å². The van der Waals surface area contributed by atoms with Crippen LogP contribution in [-0.2, 0) is 15.3 Å². The second-order valence-corrected chi connectivity index (χ2v) is 12.0. The van der Waals surface area contributed by atoms with E-state index in [1.807, 2.05) is 27.7 Å². The Kier molecular flexibility index (Phi) is 9.86. The van der Waals surface area contributed by atoms with Gasteiger partial charge in [0.25, 0.3) is 5.78 Å². The van der Waals surface area contributed by atoms with Crippen LogP contribution >= 0.6 is 23.1 Å². The lowest BCUT2D eigenvalue weighted by molar-refractivity contribution is -0.132. The normalized spacial score (nSPS) is 15.9. The molecule has 44 heavy (non-hydrogen) atoms. The number of carbonyl (C=O) groups excluding carboxylic acids is 2. The number of ether oxygens (including phenoxy) is 3. The summed E-state index contributed by atoms with van der Waals surface area (Å²) in [6.07, 6.45) is 0. The minimum Gasteiger partial charge on any atom is -0.507 e. The van der Waals surface area contributed by atoms with Crippen molar-refractivity contribution < 1.29 is 28.9 Å². The summed E-state index contributed by atoms with van der Waals surface area (Å²) < 4.78 is 17.8. The van der Waals surface area contributed by atoms with Gasteiger partial charge >= 0.3 is 5.91 Å². The van der Waals surface area contributed by atoms with Crippen molar-refractivity contribution in [3.05, 3.63) is 94.6 Å². The van der Waals surface area contributed by atoms with Crippen molar-refractivity contribution in [2.75, 3.05) is 24.7 Å². The maximum absolute atomic E-state index is 13.7. The molecule has 0 saturated carbocycles. The number of ketones is 1. The van der Waals surface area contributed by atoms with Gasteiger partial charge < -0.3 is 19.3 Å². The Balaban J connectivity index is 1.57. The smallest absolute Gasteiger partial charge is 0.301 e. The van der Waals surface area contributed by atoms with Gasteiger partial charge in [-0.1, -0.05) is 59.0 Å². The predicted molar refractivity (Wildman–Crippen MR) is 172 cm³/mol. The van der Waals surface area contributed by atoms with Gasteiger partial charge in [0, 0.05) is 11.3 Å². The monoisotopic (exact) mass is 631 g/mol. The van der Waals surface area contributed by atoms with Crippen molar-refractivity contribution in [2.45, 2.75) is 43.8 Å². The number of aryl methyl sites for hydroxylation is 1. The molecule has 9 nitrogen and oxygen atoms in total. The zero-order valence-electron chi connectivity index (χ0n) is 24.9. The van der Waals surface area contributed by atoms with Crippen LogP contribution in [0.15, 0.2) is 76.6 Å². The lowest BCUT2D eigenvalue weighted by atomic mass is 9.95. The largest absolute Gasteiger partial charge is 0.507 e. The van der Waals surface area contributed by atoms with Gasteiger partial charge in [0.2, 0.25) is 5.13 Å². The summed E-state index contributed by atoms with van der Waals surface area (Å²) in [5.41, 5.74) is 3.17. The molecule has 1 aliphatic rings. The fourth-order valence-corrected chi connectivity index (χ4v) is 6.63. The zero-order chi connectivity index (χ0) is 31.2. The van der Waals surface area contributed by atoms with Gasteiger partial charge in [0.05, 0.1) is 31.4 Å². The first kappa shape index (κ1) is 31.1. The van der Waals surface area contributed by atoms with Crippen molar-refractivity contribution >= 4 is 45.7 Å². The van der Waals surface area contributed by atoms with Crippen LogP contribution in [0.4, 0.5) is 5.13 Å². The van der Waals surface area contributed by atoms with E-state index in [9.17, 15) is 14.7 Å². The number of aromatic nitrogens is 2. The molecule has 0 bridgehead atoms. The Hall–Kier alpha value is -4.35. The molecule has 0 aliphatic carbocycles. The first-order valence-electron chi connectivity index (χ1n) is 14.3. The standard InChI is InChI=1S/C33H33N3O6S2/c1-5-40-24-15-12-22(13-16-24)29(37)27-28(23-14-17-25(41-6-2)26(18-23)42-7-3)36(31(39)30(27)38)32-34-35-33(44-32)43-19-21-10-8-20(4)9-11-21/h8-18,28,37H,5-7,19H2,1-4H3/b29-27+. The maximum atomic E-state index is 13.7. The van der Waals surface area contributed by atoms with Crippen molar-refractivity contribution in [3.63, 3.8) is 0 Å². The number of Topliss-reactive ketones (excluding diaryl/α,β-unsaturated/α-hetero) is 1. The average molecular weight is 632 g/mol. The number of thioether (sulfide) groups is 1. The second-order valence-electron chi connectivity index (χ2n) is 9.82. The van der Waals surface area contributed by atoms with Crippen molar-refractivity contribution in [3.8, 4) is 17.2 Å². The highest BCUT2D eigenvalue weighted by atomic mass is 32.2. The molecule has 0 spiro atoms. The molecule has 1 aromatic heterocycles. The first-order chi connectivity index (χ1) is 21.3. The molecule has 1 saturated heterocycles. The maximum Gasteiger partial charge on any atom is 0.301 e. The Morgan fingerprint density at radius 1 is 0.886 bits per heavy atom. The van der Waals surface area contributed by atoms with Crippen molar-refractivity contribution in [1.29, 1.82) is 0 Å². The Labute approximate surface area is 264 Å². The van der Waals surface area contributed by atoms with Crippen LogP contribution < -0.4 is 19.1 Å².